The summed E-state index contributed by atoms with van der Waals surface area (Å²) in [4.78, 5) is 11.8. The minimum atomic E-state index is -0.0658. The molecule has 0 aromatic heterocycles. The van der Waals surface area contributed by atoms with Crippen molar-refractivity contribution >= 4 is 5.91 Å². The molecule has 2 rings (SSSR count). The van der Waals surface area contributed by atoms with Crippen LogP contribution in [0.3, 0.4) is 0 Å². The SMILES string of the molecule is CC1CCC(NC(=O)C2=CCC=CO2)CC1. The lowest BCUT2D eigenvalue weighted by Gasteiger charge is -2.27. The van der Waals surface area contributed by atoms with Gasteiger partial charge in [0.2, 0.25) is 0 Å². The fraction of sp³-hybridized carbons (Fsp3) is 0.615. The lowest BCUT2D eigenvalue weighted by molar-refractivity contribution is -0.121. The fourth-order valence-corrected chi connectivity index (χ4v) is 2.21. The van der Waals surface area contributed by atoms with Gasteiger partial charge in [-0.05, 0) is 50.2 Å². The number of rotatable bonds is 2. The highest BCUT2D eigenvalue weighted by atomic mass is 16.5. The summed E-state index contributed by atoms with van der Waals surface area (Å²) in [5.41, 5.74) is 0. The Labute approximate surface area is 96.6 Å². The summed E-state index contributed by atoms with van der Waals surface area (Å²) in [7, 11) is 0. The molecule has 1 heterocycles. The molecule has 16 heavy (non-hydrogen) atoms. The number of hydrogen-bond donors (Lipinski definition) is 1. The van der Waals surface area contributed by atoms with Gasteiger partial charge in [-0.3, -0.25) is 4.79 Å². The Kier molecular flexibility index (Phi) is 3.65. The molecule has 1 N–H and O–H groups in total. The summed E-state index contributed by atoms with van der Waals surface area (Å²) in [6.45, 7) is 2.27. The van der Waals surface area contributed by atoms with Gasteiger partial charge < -0.3 is 10.1 Å². The van der Waals surface area contributed by atoms with Gasteiger partial charge in [-0.25, -0.2) is 0 Å². The van der Waals surface area contributed by atoms with E-state index >= 15 is 0 Å². The number of amides is 1. The van der Waals surface area contributed by atoms with Gasteiger partial charge in [-0.15, -0.1) is 0 Å². The first-order chi connectivity index (χ1) is 7.75. The summed E-state index contributed by atoms with van der Waals surface area (Å²) in [5, 5.41) is 3.04. The van der Waals surface area contributed by atoms with E-state index in [1.807, 2.05) is 12.2 Å². The Morgan fingerprint density at radius 2 is 2.12 bits per heavy atom. The Hall–Kier alpha value is -1.25. The third-order valence-electron chi connectivity index (χ3n) is 3.31. The molecule has 88 valence electrons. The van der Waals surface area contributed by atoms with Crippen LogP contribution in [0.1, 0.15) is 39.0 Å². The molecule has 3 nitrogen and oxygen atoms in total. The second-order valence-electron chi connectivity index (χ2n) is 4.72. The maximum atomic E-state index is 11.8. The Morgan fingerprint density at radius 3 is 2.75 bits per heavy atom. The van der Waals surface area contributed by atoms with Gasteiger partial charge in [-0.2, -0.15) is 0 Å². The first kappa shape index (κ1) is 11.2. The number of ether oxygens (including phenoxy) is 1. The van der Waals surface area contributed by atoms with Crippen LogP contribution in [0.5, 0.6) is 0 Å². The smallest absolute Gasteiger partial charge is 0.286 e. The average Bonchev–Trinajstić information content (AvgIpc) is 2.33. The molecule has 0 radical (unpaired) electrons. The molecule has 2 aliphatic rings. The van der Waals surface area contributed by atoms with Crippen LogP contribution in [-0.2, 0) is 9.53 Å². The number of hydrogen-bond acceptors (Lipinski definition) is 2. The normalized spacial score (nSPS) is 29.2. The molecule has 1 fully saturated rings. The van der Waals surface area contributed by atoms with Crippen LogP contribution in [0.2, 0.25) is 0 Å². The molecule has 0 atom stereocenters. The number of allylic oxidation sites excluding steroid dienone is 2. The Bertz CT molecular complexity index is 312. The number of carbonyl (C=O) groups excluding carboxylic acids is 1. The van der Waals surface area contributed by atoms with Crippen molar-refractivity contribution in [3.8, 4) is 0 Å². The molecule has 0 bridgehead atoms. The van der Waals surface area contributed by atoms with Gasteiger partial charge >= 0.3 is 0 Å². The van der Waals surface area contributed by atoms with E-state index in [0.717, 1.165) is 25.2 Å². The van der Waals surface area contributed by atoms with Crippen molar-refractivity contribution in [2.24, 2.45) is 5.92 Å². The maximum Gasteiger partial charge on any atom is 0.286 e. The molecule has 1 aliphatic heterocycles. The second kappa shape index (κ2) is 5.19. The summed E-state index contributed by atoms with van der Waals surface area (Å²) < 4.78 is 5.17. The zero-order chi connectivity index (χ0) is 11.4. The highest BCUT2D eigenvalue weighted by Gasteiger charge is 2.21. The zero-order valence-electron chi connectivity index (χ0n) is 9.74. The average molecular weight is 221 g/mol. The van der Waals surface area contributed by atoms with Gasteiger partial charge in [0.05, 0.1) is 6.26 Å². The van der Waals surface area contributed by atoms with E-state index in [1.54, 1.807) is 6.26 Å². The molecule has 0 unspecified atom stereocenters. The van der Waals surface area contributed by atoms with Crippen molar-refractivity contribution in [3.05, 3.63) is 24.2 Å². The molecule has 0 aromatic carbocycles. The fourth-order valence-electron chi connectivity index (χ4n) is 2.21. The minimum Gasteiger partial charge on any atom is -0.460 e. The van der Waals surface area contributed by atoms with Crippen molar-refractivity contribution < 1.29 is 9.53 Å². The third kappa shape index (κ3) is 2.87. The summed E-state index contributed by atoms with van der Waals surface area (Å²) in [5.74, 6) is 1.19. The van der Waals surface area contributed by atoms with Gasteiger partial charge in [0, 0.05) is 6.04 Å². The zero-order valence-corrected chi connectivity index (χ0v) is 9.74. The van der Waals surface area contributed by atoms with Crippen molar-refractivity contribution in [2.75, 3.05) is 0 Å². The molecule has 1 saturated carbocycles. The maximum absolute atomic E-state index is 11.8. The van der Waals surface area contributed by atoms with Crippen LogP contribution in [0.25, 0.3) is 0 Å². The molecular formula is C13H19NO2. The lowest BCUT2D eigenvalue weighted by atomic mass is 9.87. The molecule has 3 heteroatoms. The van der Waals surface area contributed by atoms with E-state index in [0.29, 0.717) is 11.8 Å². The Morgan fingerprint density at radius 1 is 1.38 bits per heavy atom. The van der Waals surface area contributed by atoms with Crippen LogP contribution < -0.4 is 5.32 Å². The van der Waals surface area contributed by atoms with Gasteiger partial charge in [-0.1, -0.05) is 6.92 Å². The van der Waals surface area contributed by atoms with Crippen molar-refractivity contribution in [1.29, 1.82) is 0 Å². The van der Waals surface area contributed by atoms with Crippen molar-refractivity contribution in [2.45, 2.75) is 45.1 Å². The van der Waals surface area contributed by atoms with Crippen LogP contribution in [-0.4, -0.2) is 11.9 Å². The van der Waals surface area contributed by atoms with E-state index in [2.05, 4.69) is 12.2 Å². The highest BCUT2D eigenvalue weighted by molar-refractivity contribution is 5.91. The van der Waals surface area contributed by atoms with E-state index in [1.165, 1.54) is 12.8 Å². The monoisotopic (exact) mass is 221 g/mol. The van der Waals surface area contributed by atoms with Crippen LogP contribution >= 0.6 is 0 Å². The summed E-state index contributed by atoms with van der Waals surface area (Å²) >= 11 is 0. The summed E-state index contributed by atoms with van der Waals surface area (Å²) in [6.07, 6.45) is 10.7. The molecule has 1 aliphatic carbocycles. The minimum absolute atomic E-state index is 0.0658. The standard InChI is InChI=1S/C13H19NO2/c1-10-5-7-11(8-6-10)14-13(15)12-4-2-3-9-16-12/h3-4,9-11H,2,5-8H2,1H3,(H,14,15). The molecule has 0 aromatic rings. The quantitative estimate of drug-likeness (QED) is 0.778. The highest BCUT2D eigenvalue weighted by Crippen LogP contribution is 2.23. The molecule has 1 amide bonds. The Balaban J connectivity index is 1.81. The van der Waals surface area contributed by atoms with Gasteiger partial charge in [0.25, 0.3) is 5.91 Å². The predicted octanol–water partition coefficient (Wildman–Crippen LogP) is 2.50. The van der Waals surface area contributed by atoms with Gasteiger partial charge in [0.15, 0.2) is 5.76 Å². The van der Waals surface area contributed by atoms with Crippen molar-refractivity contribution in [3.63, 3.8) is 0 Å². The molecule has 0 spiro atoms. The first-order valence-electron chi connectivity index (χ1n) is 6.08. The van der Waals surface area contributed by atoms with Gasteiger partial charge in [0.1, 0.15) is 0 Å². The second-order valence-corrected chi connectivity index (χ2v) is 4.72. The van der Waals surface area contributed by atoms with Crippen LogP contribution in [0.15, 0.2) is 24.2 Å². The third-order valence-corrected chi connectivity index (χ3v) is 3.31. The van der Waals surface area contributed by atoms with E-state index in [9.17, 15) is 4.79 Å². The largest absolute Gasteiger partial charge is 0.460 e. The first-order valence-corrected chi connectivity index (χ1v) is 6.08. The lowest BCUT2D eigenvalue weighted by Crippen LogP contribution is -2.38. The predicted molar refractivity (Wildman–Crippen MR) is 62.5 cm³/mol. The van der Waals surface area contributed by atoms with Crippen LogP contribution in [0, 0.1) is 5.92 Å². The molecular weight excluding hydrogens is 202 g/mol. The number of carbonyl (C=O) groups is 1. The van der Waals surface area contributed by atoms with Crippen molar-refractivity contribution in [1.82, 2.24) is 5.32 Å². The van der Waals surface area contributed by atoms with E-state index in [4.69, 9.17) is 4.74 Å². The van der Waals surface area contributed by atoms with E-state index < -0.39 is 0 Å². The summed E-state index contributed by atoms with van der Waals surface area (Å²) in [6, 6.07) is 0.333. The number of nitrogens with one attached hydrogen (secondary N) is 1. The topological polar surface area (TPSA) is 38.3 Å². The van der Waals surface area contributed by atoms with Crippen LogP contribution in [0.4, 0.5) is 0 Å². The van der Waals surface area contributed by atoms with E-state index in [-0.39, 0.29) is 5.91 Å². The molecule has 0 saturated heterocycles.